The molecule has 2 fully saturated rings. The highest BCUT2D eigenvalue weighted by Gasteiger charge is 2.51. The van der Waals surface area contributed by atoms with Crippen LogP contribution in [-0.4, -0.2) is 50.8 Å². The molecule has 1 heterocycles. The molecule has 0 atom stereocenters. The lowest BCUT2D eigenvalue weighted by Gasteiger charge is -2.48. The van der Waals surface area contributed by atoms with E-state index < -0.39 is 10.0 Å². The Hall–Kier alpha value is -0.910. The first kappa shape index (κ1) is 15.0. The van der Waals surface area contributed by atoms with Crippen LogP contribution >= 0.6 is 0 Å². The molecule has 0 unspecified atom stereocenters. The summed E-state index contributed by atoms with van der Waals surface area (Å²) in [4.78, 5) is 2.72. The molecule has 1 saturated heterocycles. The molecule has 2 aliphatic rings. The standard InChI is InChI=1S/C16H24N2O2S/c1-13-6-4-5-7-15(13)21(19,20)18-9-8-16(12-18)10-14(11-16)17(2)3/h4-7,14H,8-12H2,1-3H3. The van der Waals surface area contributed by atoms with Crippen molar-refractivity contribution < 1.29 is 8.42 Å². The number of benzene rings is 1. The minimum absolute atomic E-state index is 0.227. The molecule has 1 aromatic carbocycles. The lowest BCUT2D eigenvalue weighted by Crippen LogP contribution is -2.49. The van der Waals surface area contributed by atoms with Gasteiger partial charge in [0.15, 0.2) is 0 Å². The number of hydrogen-bond acceptors (Lipinski definition) is 3. The molecule has 21 heavy (non-hydrogen) atoms. The van der Waals surface area contributed by atoms with Crippen LogP contribution in [0.15, 0.2) is 29.2 Å². The summed E-state index contributed by atoms with van der Waals surface area (Å²) in [7, 11) is 0.876. The fourth-order valence-corrected chi connectivity index (χ4v) is 5.50. The second-order valence-electron chi connectivity index (χ2n) is 6.88. The van der Waals surface area contributed by atoms with Crippen molar-refractivity contribution in [3.05, 3.63) is 29.8 Å². The van der Waals surface area contributed by atoms with Crippen molar-refractivity contribution in [3.63, 3.8) is 0 Å². The summed E-state index contributed by atoms with van der Waals surface area (Å²) in [5.41, 5.74) is 1.06. The maximum absolute atomic E-state index is 12.8. The third-order valence-corrected chi connectivity index (χ3v) is 7.19. The average Bonchev–Trinajstić information content (AvgIpc) is 2.83. The zero-order valence-corrected chi connectivity index (χ0v) is 13.9. The van der Waals surface area contributed by atoms with Crippen LogP contribution in [0, 0.1) is 12.3 Å². The van der Waals surface area contributed by atoms with Gasteiger partial charge in [-0.2, -0.15) is 4.31 Å². The molecular weight excluding hydrogens is 284 g/mol. The van der Waals surface area contributed by atoms with Crippen molar-refractivity contribution >= 4 is 10.0 Å². The van der Waals surface area contributed by atoms with E-state index in [1.165, 1.54) is 0 Å². The summed E-state index contributed by atoms with van der Waals surface area (Å²) in [6, 6.07) is 7.89. The van der Waals surface area contributed by atoms with Crippen LogP contribution in [0.3, 0.4) is 0 Å². The summed E-state index contributed by atoms with van der Waals surface area (Å²) in [5.74, 6) is 0. The van der Waals surface area contributed by atoms with Gasteiger partial charge in [-0.25, -0.2) is 8.42 Å². The Morgan fingerprint density at radius 2 is 1.90 bits per heavy atom. The van der Waals surface area contributed by atoms with Gasteiger partial charge >= 0.3 is 0 Å². The topological polar surface area (TPSA) is 40.6 Å². The Kier molecular flexibility index (Phi) is 3.62. The molecule has 0 aromatic heterocycles. The normalized spacial score (nSPS) is 30.0. The minimum Gasteiger partial charge on any atom is -0.306 e. The Bertz CT molecular complexity index is 633. The minimum atomic E-state index is -3.33. The largest absolute Gasteiger partial charge is 0.306 e. The molecule has 5 heteroatoms. The zero-order chi connectivity index (χ0) is 15.3. The number of sulfonamides is 1. The molecule has 0 N–H and O–H groups in total. The van der Waals surface area contributed by atoms with Crippen molar-refractivity contribution in [2.24, 2.45) is 5.41 Å². The monoisotopic (exact) mass is 308 g/mol. The molecule has 0 amide bonds. The first-order chi connectivity index (χ1) is 9.84. The second-order valence-corrected chi connectivity index (χ2v) is 8.79. The molecule has 0 radical (unpaired) electrons. The van der Waals surface area contributed by atoms with Crippen molar-refractivity contribution in [2.75, 3.05) is 27.2 Å². The van der Waals surface area contributed by atoms with Crippen molar-refractivity contribution in [2.45, 2.75) is 37.1 Å². The highest BCUT2D eigenvalue weighted by molar-refractivity contribution is 7.89. The quantitative estimate of drug-likeness (QED) is 0.858. The molecule has 4 nitrogen and oxygen atoms in total. The molecule has 3 rings (SSSR count). The Morgan fingerprint density at radius 3 is 2.52 bits per heavy atom. The van der Waals surface area contributed by atoms with Crippen LogP contribution in [0.2, 0.25) is 0 Å². The van der Waals surface area contributed by atoms with Crippen LogP contribution in [0.5, 0.6) is 0 Å². The summed E-state index contributed by atoms with van der Waals surface area (Å²) in [6.07, 6.45) is 3.25. The van der Waals surface area contributed by atoms with Gasteiger partial charge in [-0.3, -0.25) is 0 Å². The van der Waals surface area contributed by atoms with Crippen LogP contribution in [0.25, 0.3) is 0 Å². The summed E-state index contributed by atoms with van der Waals surface area (Å²) < 4.78 is 27.3. The molecular formula is C16H24N2O2S. The average molecular weight is 308 g/mol. The highest BCUT2D eigenvalue weighted by atomic mass is 32.2. The Labute approximate surface area is 127 Å². The van der Waals surface area contributed by atoms with E-state index >= 15 is 0 Å². The summed E-state index contributed by atoms with van der Waals surface area (Å²) in [5, 5.41) is 0. The van der Waals surface area contributed by atoms with Gasteiger partial charge in [0, 0.05) is 19.1 Å². The summed E-state index contributed by atoms with van der Waals surface area (Å²) >= 11 is 0. The first-order valence-corrected chi connectivity index (χ1v) is 9.00. The van der Waals surface area contributed by atoms with Gasteiger partial charge < -0.3 is 4.90 Å². The van der Waals surface area contributed by atoms with Crippen molar-refractivity contribution in [1.29, 1.82) is 0 Å². The fraction of sp³-hybridized carbons (Fsp3) is 0.625. The lowest BCUT2D eigenvalue weighted by atomic mass is 9.64. The van der Waals surface area contributed by atoms with Crippen LogP contribution in [-0.2, 0) is 10.0 Å². The molecule has 1 spiro atoms. The Balaban J connectivity index is 1.77. The van der Waals surface area contributed by atoms with E-state index in [4.69, 9.17) is 0 Å². The second kappa shape index (κ2) is 5.07. The number of aryl methyl sites for hydroxylation is 1. The van der Waals surface area contributed by atoms with E-state index in [2.05, 4.69) is 19.0 Å². The van der Waals surface area contributed by atoms with Gasteiger partial charge in [-0.05, 0) is 57.3 Å². The van der Waals surface area contributed by atoms with Gasteiger partial charge in [-0.15, -0.1) is 0 Å². The van der Waals surface area contributed by atoms with Gasteiger partial charge in [0.1, 0.15) is 0 Å². The van der Waals surface area contributed by atoms with Crippen molar-refractivity contribution in [1.82, 2.24) is 9.21 Å². The van der Waals surface area contributed by atoms with Crippen molar-refractivity contribution in [3.8, 4) is 0 Å². The molecule has 1 aliphatic carbocycles. The maximum Gasteiger partial charge on any atom is 0.243 e. The molecule has 1 aromatic rings. The van der Waals surface area contributed by atoms with E-state index in [1.807, 2.05) is 19.1 Å². The predicted molar refractivity (Wildman–Crippen MR) is 83.7 cm³/mol. The van der Waals surface area contributed by atoms with Gasteiger partial charge in [0.05, 0.1) is 4.90 Å². The molecule has 116 valence electrons. The van der Waals surface area contributed by atoms with Gasteiger partial charge in [0.25, 0.3) is 0 Å². The number of hydrogen-bond donors (Lipinski definition) is 0. The third-order valence-electron chi connectivity index (χ3n) is 5.18. The zero-order valence-electron chi connectivity index (χ0n) is 13.0. The predicted octanol–water partition coefficient (Wildman–Crippen LogP) is 2.10. The smallest absolute Gasteiger partial charge is 0.243 e. The Morgan fingerprint density at radius 1 is 1.24 bits per heavy atom. The third kappa shape index (κ3) is 2.51. The van der Waals surface area contributed by atoms with Gasteiger partial charge in [0.2, 0.25) is 10.0 Å². The lowest BCUT2D eigenvalue weighted by molar-refractivity contribution is 0.0381. The molecule has 0 bridgehead atoms. The van der Waals surface area contributed by atoms with Crippen LogP contribution < -0.4 is 0 Å². The van der Waals surface area contributed by atoms with Crippen LogP contribution in [0.1, 0.15) is 24.8 Å². The van der Waals surface area contributed by atoms with E-state index in [1.54, 1.807) is 16.4 Å². The van der Waals surface area contributed by atoms with E-state index in [-0.39, 0.29) is 5.41 Å². The first-order valence-electron chi connectivity index (χ1n) is 7.56. The number of rotatable bonds is 3. The highest BCUT2D eigenvalue weighted by Crippen LogP contribution is 2.50. The van der Waals surface area contributed by atoms with E-state index in [0.717, 1.165) is 24.8 Å². The fourth-order valence-electron chi connectivity index (χ4n) is 3.72. The molecule has 1 saturated carbocycles. The van der Waals surface area contributed by atoms with Crippen LogP contribution in [0.4, 0.5) is 0 Å². The maximum atomic E-state index is 12.8. The van der Waals surface area contributed by atoms with Gasteiger partial charge in [-0.1, -0.05) is 18.2 Å². The van der Waals surface area contributed by atoms with E-state index in [9.17, 15) is 8.42 Å². The van der Waals surface area contributed by atoms with E-state index in [0.29, 0.717) is 24.0 Å². The SMILES string of the molecule is Cc1ccccc1S(=O)(=O)N1CCC2(CC(N(C)C)C2)C1. The summed E-state index contributed by atoms with van der Waals surface area (Å²) in [6.45, 7) is 3.22. The molecule has 1 aliphatic heterocycles. The number of nitrogens with zero attached hydrogens (tertiary/aromatic N) is 2.